The van der Waals surface area contributed by atoms with Crippen molar-refractivity contribution in [1.82, 2.24) is 5.32 Å². The number of ether oxygens (including phenoxy) is 3. The summed E-state index contributed by atoms with van der Waals surface area (Å²) >= 11 is 1.33. The van der Waals surface area contributed by atoms with Gasteiger partial charge in [0, 0.05) is 27.8 Å². The van der Waals surface area contributed by atoms with Crippen LogP contribution in [0.15, 0.2) is 138 Å². The van der Waals surface area contributed by atoms with Crippen LogP contribution >= 0.6 is 11.8 Å². The van der Waals surface area contributed by atoms with E-state index in [1.807, 2.05) is 54.6 Å². The number of amides is 3. The molecule has 0 heterocycles. The van der Waals surface area contributed by atoms with Gasteiger partial charge in [0.1, 0.15) is 28.2 Å². The fourth-order valence-corrected chi connectivity index (χ4v) is 5.95. The van der Waals surface area contributed by atoms with Crippen molar-refractivity contribution in [2.75, 3.05) is 32.0 Å². The average molecular weight is 674 g/mol. The summed E-state index contributed by atoms with van der Waals surface area (Å²) in [6.07, 6.45) is 1.57. The topological polar surface area (TPSA) is 115 Å². The van der Waals surface area contributed by atoms with Crippen LogP contribution in [0.4, 0.5) is 11.4 Å². The van der Waals surface area contributed by atoms with Crippen molar-refractivity contribution in [1.29, 1.82) is 0 Å². The van der Waals surface area contributed by atoms with Crippen molar-refractivity contribution in [3.63, 3.8) is 0 Å². The lowest BCUT2D eigenvalue weighted by molar-refractivity contribution is -0.116. The number of para-hydroxylation sites is 1. The van der Waals surface area contributed by atoms with Gasteiger partial charge < -0.3 is 30.2 Å². The second-order valence-electron chi connectivity index (χ2n) is 10.6. The average Bonchev–Trinajstić information content (AvgIpc) is 3.14. The standard InChI is InChI=1S/C39H35N3O6S/c1-46-30-21-22-32(35(25-30)48-3)41-39(45)36(26-13-6-4-7-14-26)49-31-19-12-18-29(24-31)40-38(44)33(23-28-17-10-11-20-34(28)47-2)42-37(43)27-15-8-5-9-16-27/h4-25,36H,1-3H3,(H,40,44)(H,41,45)(H,42,43)/b33-23+. The predicted octanol–water partition coefficient (Wildman–Crippen LogP) is 7.59. The summed E-state index contributed by atoms with van der Waals surface area (Å²) in [7, 11) is 4.62. The molecule has 1 unspecified atom stereocenters. The van der Waals surface area contributed by atoms with E-state index < -0.39 is 17.1 Å². The van der Waals surface area contributed by atoms with Crippen LogP contribution in [-0.2, 0) is 9.59 Å². The van der Waals surface area contributed by atoms with Crippen LogP contribution in [-0.4, -0.2) is 39.1 Å². The number of carbonyl (C=O) groups excluding carboxylic acids is 3. The van der Waals surface area contributed by atoms with E-state index in [9.17, 15) is 14.4 Å². The fourth-order valence-electron chi connectivity index (χ4n) is 4.87. The van der Waals surface area contributed by atoms with Gasteiger partial charge in [0.2, 0.25) is 5.91 Å². The van der Waals surface area contributed by atoms with Crippen LogP contribution in [0, 0.1) is 0 Å². The molecule has 0 saturated carbocycles. The summed E-state index contributed by atoms with van der Waals surface area (Å²) in [5.41, 5.74) is 2.79. The van der Waals surface area contributed by atoms with Gasteiger partial charge in [-0.1, -0.05) is 72.8 Å². The minimum Gasteiger partial charge on any atom is -0.497 e. The molecule has 1 atom stereocenters. The molecule has 3 amide bonds. The molecule has 0 aliphatic carbocycles. The van der Waals surface area contributed by atoms with Crippen LogP contribution in [0.25, 0.3) is 6.08 Å². The molecule has 5 aromatic rings. The van der Waals surface area contributed by atoms with E-state index in [2.05, 4.69) is 16.0 Å². The second-order valence-corrected chi connectivity index (χ2v) is 11.7. The third-order valence-electron chi connectivity index (χ3n) is 7.32. The Labute approximate surface area is 289 Å². The lowest BCUT2D eigenvalue weighted by Crippen LogP contribution is -2.30. The molecular formula is C39H35N3O6S. The van der Waals surface area contributed by atoms with E-state index in [0.717, 1.165) is 10.5 Å². The van der Waals surface area contributed by atoms with Gasteiger partial charge in [-0.15, -0.1) is 11.8 Å². The summed E-state index contributed by atoms with van der Waals surface area (Å²) < 4.78 is 16.2. The van der Waals surface area contributed by atoms with Gasteiger partial charge in [0.25, 0.3) is 11.8 Å². The molecule has 0 aromatic heterocycles. The maximum absolute atomic E-state index is 13.8. The Kier molecular flexibility index (Phi) is 11.7. The first-order chi connectivity index (χ1) is 23.9. The molecule has 3 N–H and O–H groups in total. The molecule has 5 rings (SSSR count). The molecule has 9 nitrogen and oxygen atoms in total. The molecule has 0 fully saturated rings. The molecule has 5 aromatic carbocycles. The Hall–Kier alpha value is -6.00. The Morgan fingerprint density at radius 3 is 2.08 bits per heavy atom. The van der Waals surface area contributed by atoms with Crippen molar-refractivity contribution in [3.8, 4) is 17.2 Å². The molecular weight excluding hydrogens is 639 g/mol. The van der Waals surface area contributed by atoms with Crippen LogP contribution < -0.4 is 30.2 Å². The zero-order chi connectivity index (χ0) is 34.6. The number of thioether (sulfide) groups is 1. The summed E-state index contributed by atoms with van der Waals surface area (Å²) in [6, 6.07) is 37.6. The number of hydrogen-bond acceptors (Lipinski definition) is 7. The predicted molar refractivity (Wildman–Crippen MR) is 193 cm³/mol. The van der Waals surface area contributed by atoms with E-state index in [1.54, 1.807) is 86.0 Å². The smallest absolute Gasteiger partial charge is 0.272 e. The zero-order valence-corrected chi connectivity index (χ0v) is 28.0. The lowest BCUT2D eigenvalue weighted by atomic mass is 10.1. The van der Waals surface area contributed by atoms with Gasteiger partial charge in [-0.3, -0.25) is 14.4 Å². The zero-order valence-electron chi connectivity index (χ0n) is 27.1. The number of rotatable bonds is 13. The number of hydrogen-bond donors (Lipinski definition) is 3. The lowest BCUT2D eigenvalue weighted by Gasteiger charge is -2.19. The van der Waals surface area contributed by atoms with Crippen molar-refractivity contribution in [3.05, 3.63) is 150 Å². The Morgan fingerprint density at radius 2 is 1.37 bits per heavy atom. The summed E-state index contributed by atoms with van der Waals surface area (Å²) in [6.45, 7) is 0. The largest absolute Gasteiger partial charge is 0.497 e. The Balaban J connectivity index is 1.40. The van der Waals surface area contributed by atoms with Gasteiger partial charge >= 0.3 is 0 Å². The molecule has 0 aliphatic rings. The first-order valence-electron chi connectivity index (χ1n) is 15.3. The molecule has 0 bridgehead atoms. The van der Waals surface area contributed by atoms with Crippen LogP contribution in [0.5, 0.6) is 17.2 Å². The van der Waals surface area contributed by atoms with Crippen LogP contribution in [0.1, 0.15) is 26.7 Å². The number of carbonyl (C=O) groups is 3. The van der Waals surface area contributed by atoms with Gasteiger partial charge in [0.15, 0.2) is 0 Å². The molecule has 49 heavy (non-hydrogen) atoms. The first kappa shape index (κ1) is 34.3. The van der Waals surface area contributed by atoms with Crippen molar-refractivity contribution in [2.45, 2.75) is 10.1 Å². The van der Waals surface area contributed by atoms with Gasteiger partial charge in [0.05, 0.1) is 27.0 Å². The maximum atomic E-state index is 13.8. The van der Waals surface area contributed by atoms with Gasteiger partial charge in [-0.2, -0.15) is 0 Å². The Bertz CT molecular complexity index is 1950. The third-order valence-corrected chi connectivity index (χ3v) is 8.57. The van der Waals surface area contributed by atoms with E-state index in [1.165, 1.54) is 26.0 Å². The number of nitrogens with one attached hydrogen (secondary N) is 3. The highest BCUT2D eigenvalue weighted by Gasteiger charge is 2.24. The van der Waals surface area contributed by atoms with Crippen molar-refractivity contribution >= 4 is 46.9 Å². The van der Waals surface area contributed by atoms with Crippen molar-refractivity contribution in [2.24, 2.45) is 0 Å². The number of benzene rings is 5. The highest BCUT2D eigenvalue weighted by Crippen LogP contribution is 2.38. The SMILES string of the molecule is COc1ccc(NC(=O)C(Sc2cccc(NC(=O)/C(=C\c3ccccc3OC)NC(=O)c3ccccc3)c2)c2ccccc2)c(OC)c1. The summed E-state index contributed by atoms with van der Waals surface area (Å²) in [5, 5.41) is 8.00. The van der Waals surface area contributed by atoms with Gasteiger partial charge in [-0.25, -0.2) is 0 Å². The monoisotopic (exact) mass is 673 g/mol. The maximum Gasteiger partial charge on any atom is 0.272 e. The quantitative estimate of drug-likeness (QED) is 0.0872. The molecule has 0 radical (unpaired) electrons. The highest BCUT2D eigenvalue weighted by molar-refractivity contribution is 8.00. The van der Waals surface area contributed by atoms with Crippen molar-refractivity contribution < 1.29 is 28.6 Å². The highest BCUT2D eigenvalue weighted by atomic mass is 32.2. The normalized spacial score (nSPS) is 11.5. The van der Waals surface area contributed by atoms with Gasteiger partial charge in [-0.05, 0) is 60.2 Å². The minimum atomic E-state index is -0.648. The Morgan fingerprint density at radius 1 is 0.673 bits per heavy atom. The van der Waals surface area contributed by atoms with E-state index in [4.69, 9.17) is 14.2 Å². The second kappa shape index (κ2) is 16.7. The number of methoxy groups -OCH3 is 3. The summed E-state index contributed by atoms with van der Waals surface area (Å²) in [5.74, 6) is 0.360. The van der Waals surface area contributed by atoms with Crippen LogP contribution in [0.2, 0.25) is 0 Å². The van der Waals surface area contributed by atoms with E-state index in [0.29, 0.717) is 39.8 Å². The van der Waals surface area contributed by atoms with E-state index in [-0.39, 0.29) is 11.6 Å². The minimum absolute atomic E-state index is 0.0198. The molecule has 0 spiro atoms. The number of anilines is 2. The fraction of sp³-hybridized carbons (Fsp3) is 0.103. The molecule has 10 heteroatoms. The van der Waals surface area contributed by atoms with E-state index >= 15 is 0 Å². The third kappa shape index (κ3) is 9.09. The molecule has 0 aliphatic heterocycles. The summed E-state index contributed by atoms with van der Waals surface area (Å²) in [4.78, 5) is 41.4. The first-order valence-corrected chi connectivity index (χ1v) is 16.1. The molecule has 0 saturated heterocycles. The molecule has 248 valence electrons. The van der Waals surface area contributed by atoms with Crippen LogP contribution in [0.3, 0.4) is 0 Å².